The van der Waals surface area contributed by atoms with Gasteiger partial charge in [0.25, 0.3) is 0 Å². The molecular weight excluding hydrogens is 216 g/mol. The quantitative estimate of drug-likeness (QED) is 0.651. The van der Waals surface area contributed by atoms with Gasteiger partial charge >= 0.3 is 0 Å². The highest BCUT2D eigenvalue weighted by Gasteiger charge is 2.21. The van der Waals surface area contributed by atoms with Crippen LogP contribution in [0, 0.1) is 11.8 Å². The molecule has 0 aromatic carbocycles. The van der Waals surface area contributed by atoms with Crippen LogP contribution in [0.25, 0.3) is 0 Å². The van der Waals surface area contributed by atoms with Crippen molar-refractivity contribution in [3.8, 4) is 0 Å². The minimum absolute atomic E-state index is 0.226. The van der Waals surface area contributed by atoms with E-state index < -0.39 is 0 Å². The Kier molecular flexibility index (Phi) is 5.26. The predicted molar refractivity (Wildman–Crippen MR) is 66.8 cm³/mol. The first-order valence-corrected chi connectivity index (χ1v) is 6.92. The Balaban J connectivity index is 1.44. The van der Waals surface area contributed by atoms with Gasteiger partial charge in [-0.1, -0.05) is 0 Å². The molecule has 17 heavy (non-hydrogen) atoms. The molecule has 4 heteroatoms. The molecule has 0 unspecified atom stereocenters. The molecule has 0 atom stereocenters. The summed E-state index contributed by atoms with van der Waals surface area (Å²) in [4.78, 5) is 11.8. The van der Waals surface area contributed by atoms with Gasteiger partial charge in [0.1, 0.15) is 0 Å². The summed E-state index contributed by atoms with van der Waals surface area (Å²) >= 11 is 0. The van der Waals surface area contributed by atoms with Gasteiger partial charge < -0.3 is 15.4 Å². The molecule has 98 valence electrons. The highest BCUT2D eigenvalue weighted by molar-refractivity contribution is 5.78. The maximum absolute atomic E-state index is 11.8. The minimum atomic E-state index is 0.226. The number of hydrogen-bond donors (Lipinski definition) is 2. The second-order valence-corrected chi connectivity index (χ2v) is 5.19. The standard InChI is InChI=1S/C13H24N2O2/c16-13(12-4-7-14-8-5-12)15-6-1-9-17-10-11-2-3-11/h11-12,14H,1-10H2,(H,15,16). The Morgan fingerprint density at radius 2 is 2.00 bits per heavy atom. The van der Waals surface area contributed by atoms with Crippen molar-refractivity contribution in [1.29, 1.82) is 0 Å². The van der Waals surface area contributed by atoms with Crippen molar-refractivity contribution >= 4 is 5.91 Å². The number of ether oxygens (including phenoxy) is 1. The van der Waals surface area contributed by atoms with Gasteiger partial charge in [0.15, 0.2) is 0 Å². The van der Waals surface area contributed by atoms with Gasteiger partial charge in [-0.3, -0.25) is 4.79 Å². The first-order valence-electron chi connectivity index (χ1n) is 6.92. The molecule has 1 aliphatic carbocycles. The third-order valence-corrected chi connectivity index (χ3v) is 3.53. The van der Waals surface area contributed by atoms with Crippen LogP contribution in [0.2, 0.25) is 0 Å². The highest BCUT2D eigenvalue weighted by atomic mass is 16.5. The molecule has 0 aromatic heterocycles. The normalized spacial score (nSPS) is 21.4. The number of carbonyl (C=O) groups excluding carboxylic acids is 1. The molecule has 1 amide bonds. The van der Waals surface area contributed by atoms with E-state index in [2.05, 4.69) is 10.6 Å². The summed E-state index contributed by atoms with van der Waals surface area (Å²) in [6.45, 7) is 4.41. The van der Waals surface area contributed by atoms with Crippen LogP contribution in [0.5, 0.6) is 0 Å². The zero-order chi connectivity index (χ0) is 11.9. The number of rotatable bonds is 7. The Labute approximate surface area is 103 Å². The summed E-state index contributed by atoms with van der Waals surface area (Å²) < 4.78 is 5.52. The van der Waals surface area contributed by atoms with E-state index in [4.69, 9.17) is 4.74 Å². The third-order valence-electron chi connectivity index (χ3n) is 3.53. The maximum atomic E-state index is 11.8. The van der Waals surface area contributed by atoms with E-state index in [-0.39, 0.29) is 11.8 Å². The minimum Gasteiger partial charge on any atom is -0.381 e. The largest absolute Gasteiger partial charge is 0.381 e. The van der Waals surface area contributed by atoms with Crippen LogP contribution in [-0.2, 0) is 9.53 Å². The van der Waals surface area contributed by atoms with E-state index in [0.29, 0.717) is 0 Å². The average molecular weight is 240 g/mol. The molecule has 1 saturated heterocycles. The molecule has 4 nitrogen and oxygen atoms in total. The van der Waals surface area contributed by atoms with Crippen molar-refractivity contribution in [2.24, 2.45) is 11.8 Å². The Bertz CT molecular complexity index is 236. The zero-order valence-electron chi connectivity index (χ0n) is 10.5. The van der Waals surface area contributed by atoms with Crippen LogP contribution in [0.4, 0.5) is 0 Å². The molecule has 2 fully saturated rings. The Hall–Kier alpha value is -0.610. The van der Waals surface area contributed by atoms with Crippen molar-refractivity contribution in [2.75, 3.05) is 32.8 Å². The molecule has 2 N–H and O–H groups in total. The van der Waals surface area contributed by atoms with Gasteiger partial charge in [-0.25, -0.2) is 0 Å². The molecule has 1 saturated carbocycles. The molecule has 0 spiro atoms. The first-order chi connectivity index (χ1) is 8.36. The van der Waals surface area contributed by atoms with E-state index in [9.17, 15) is 4.79 Å². The molecule has 0 aromatic rings. The van der Waals surface area contributed by atoms with Crippen LogP contribution in [0.15, 0.2) is 0 Å². The van der Waals surface area contributed by atoms with Gasteiger partial charge in [0.2, 0.25) is 5.91 Å². The lowest BCUT2D eigenvalue weighted by atomic mass is 9.97. The van der Waals surface area contributed by atoms with Gasteiger partial charge in [0.05, 0.1) is 0 Å². The lowest BCUT2D eigenvalue weighted by Gasteiger charge is -2.21. The van der Waals surface area contributed by atoms with Crippen molar-refractivity contribution in [3.05, 3.63) is 0 Å². The van der Waals surface area contributed by atoms with Crippen molar-refractivity contribution < 1.29 is 9.53 Å². The number of hydrogen-bond acceptors (Lipinski definition) is 3. The molecule has 1 aliphatic heterocycles. The van der Waals surface area contributed by atoms with Crippen LogP contribution in [-0.4, -0.2) is 38.8 Å². The van der Waals surface area contributed by atoms with E-state index in [1.807, 2.05) is 0 Å². The van der Waals surface area contributed by atoms with Crippen LogP contribution >= 0.6 is 0 Å². The second-order valence-electron chi connectivity index (χ2n) is 5.19. The maximum Gasteiger partial charge on any atom is 0.223 e. The number of nitrogens with one attached hydrogen (secondary N) is 2. The number of amides is 1. The third kappa shape index (κ3) is 5.04. The van der Waals surface area contributed by atoms with Gasteiger partial charge in [-0.15, -0.1) is 0 Å². The van der Waals surface area contributed by atoms with Crippen LogP contribution in [0.1, 0.15) is 32.1 Å². The number of piperidine rings is 1. The zero-order valence-corrected chi connectivity index (χ0v) is 10.5. The summed E-state index contributed by atoms with van der Waals surface area (Å²) in [6.07, 6.45) is 5.57. The molecular formula is C13H24N2O2. The van der Waals surface area contributed by atoms with Gasteiger partial charge in [0, 0.05) is 25.7 Å². The monoisotopic (exact) mass is 240 g/mol. The summed E-state index contributed by atoms with van der Waals surface area (Å²) in [7, 11) is 0. The highest BCUT2D eigenvalue weighted by Crippen LogP contribution is 2.28. The van der Waals surface area contributed by atoms with Crippen molar-refractivity contribution in [2.45, 2.75) is 32.1 Å². The fraction of sp³-hybridized carbons (Fsp3) is 0.923. The Morgan fingerprint density at radius 3 is 2.71 bits per heavy atom. The molecule has 1 heterocycles. The van der Waals surface area contributed by atoms with E-state index in [1.165, 1.54) is 12.8 Å². The molecule has 0 bridgehead atoms. The fourth-order valence-electron chi connectivity index (χ4n) is 2.15. The Morgan fingerprint density at radius 1 is 1.24 bits per heavy atom. The fourth-order valence-corrected chi connectivity index (χ4v) is 2.15. The van der Waals surface area contributed by atoms with Crippen molar-refractivity contribution in [1.82, 2.24) is 10.6 Å². The first kappa shape index (κ1) is 12.8. The van der Waals surface area contributed by atoms with Gasteiger partial charge in [-0.05, 0) is 51.1 Å². The summed E-state index contributed by atoms with van der Waals surface area (Å²) in [6, 6.07) is 0. The smallest absolute Gasteiger partial charge is 0.223 e. The van der Waals surface area contributed by atoms with Gasteiger partial charge in [-0.2, -0.15) is 0 Å². The van der Waals surface area contributed by atoms with Crippen LogP contribution < -0.4 is 10.6 Å². The topological polar surface area (TPSA) is 50.4 Å². The molecule has 2 aliphatic rings. The SMILES string of the molecule is O=C(NCCCOCC1CC1)C1CCNCC1. The van der Waals surface area contributed by atoms with E-state index in [1.54, 1.807) is 0 Å². The van der Waals surface area contributed by atoms with E-state index >= 15 is 0 Å². The second kappa shape index (κ2) is 6.97. The lowest BCUT2D eigenvalue weighted by Crippen LogP contribution is -2.38. The average Bonchev–Trinajstić information content (AvgIpc) is 3.18. The van der Waals surface area contributed by atoms with E-state index in [0.717, 1.165) is 58.0 Å². The molecule has 2 rings (SSSR count). The van der Waals surface area contributed by atoms with Crippen molar-refractivity contribution in [3.63, 3.8) is 0 Å². The molecule has 0 radical (unpaired) electrons. The summed E-state index contributed by atoms with van der Waals surface area (Å²) in [5, 5.41) is 6.28. The number of carbonyl (C=O) groups is 1. The van der Waals surface area contributed by atoms with Crippen LogP contribution in [0.3, 0.4) is 0 Å². The summed E-state index contributed by atoms with van der Waals surface area (Å²) in [5.74, 6) is 1.29. The predicted octanol–water partition coefficient (Wildman–Crippen LogP) is 0.919. The lowest BCUT2D eigenvalue weighted by molar-refractivity contribution is -0.125. The summed E-state index contributed by atoms with van der Waals surface area (Å²) in [5.41, 5.74) is 0.